The molecule has 4 N–H and O–H groups in total. The molecule has 1 aromatic heterocycles. The summed E-state index contributed by atoms with van der Waals surface area (Å²) >= 11 is 0. The van der Waals surface area contributed by atoms with Gasteiger partial charge in [-0.2, -0.15) is 0 Å². The fourth-order valence-corrected chi connectivity index (χ4v) is 3.08. The van der Waals surface area contributed by atoms with Crippen LogP contribution in [-0.4, -0.2) is 71.7 Å². The van der Waals surface area contributed by atoms with E-state index in [1.54, 1.807) is 0 Å². The van der Waals surface area contributed by atoms with E-state index in [4.69, 9.17) is 4.74 Å². The molecule has 1 fully saturated rings. The van der Waals surface area contributed by atoms with E-state index in [1.807, 2.05) is 0 Å². The summed E-state index contributed by atoms with van der Waals surface area (Å²) in [5.41, 5.74) is 2.62. The third kappa shape index (κ3) is 3.80. The van der Waals surface area contributed by atoms with Gasteiger partial charge in [0.2, 0.25) is 0 Å². The molecule has 0 amide bonds. The third-order valence-corrected chi connectivity index (χ3v) is 4.73. The molecule has 0 spiro atoms. The van der Waals surface area contributed by atoms with Crippen molar-refractivity contribution in [1.29, 1.82) is 0 Å². The van der Waals surface area contributed by atoms with Gasteiger partial charge in [-0.1, -0.05) is 30.2 Å². The number of rotatable bonds is 5. The first-order valence-corrected chi connectivity index (χ1v) is 8.49. The molecule has 9 heteroatoms. The summed E-state index contributed by atoms with van der Waals surface area (Å²) in [6, 6.07) is 0. The number of hydrogen-bond donors (Lipinski definition) is 4. The summed E-state index contributed by atoms with van der Waals surface area (Å²) in [6.07, 6.45) is 1.36. The van der Waals surface area contributed by atoms with E-state index >= 15 is 0 Å². The van der Waals surface area contributed by atoms with E-state index in [0.717, 1.165) is 24.1 Å². The largest absolute Gasteiger partial charge is 0.394 e. The number of hydrogen-bond acceptors (Lipinski definition) is 8. The SMILES string of the molecule is CCC1=CC=C(Cc2nnn(C3OC(CO)C(O)C(O)C3O)n2)CC1. The van der Waals surface area contributed by atoms with Gasteiger partial charge >= 0.3 is 0 Å². The number of tetrazole rings is 1. The molecule has 1 saturated heterocycles. The molecule has 2 aliphatic rings. The number of ether oxygens (including phenoxy) is 1. The molecule has 1 aliphatic carbocycles. The lowest BCUT2D eigenvalue weighted by molar-refractivity contribution is -0.257. The molecule has 0 aromatic carbocycles. The van der Waals surface area contributed by atoms with Crippen LogP contribution >= 0.6 is 0 Å². The maximum Gasteiger partial charge on any atom is 0.199 e. The highest BCUT2D eigenvalue weighted by atomic mass is 16.6. The molecular weight excluding hydrogens is 328 g/mol. The van der Waals surface area contributed by atoms with Crippen LogP contribution in [-0.2, 0) is 11.2 Å². The van der Waals surface area contributed by atoms with Gasteiger partial charge in [0.1, 0.15) is 24.4 Å². The second-order valence-electron chi connectivity index (χ2n) is 6.43. The molecule has 2 heterocycles. The van der Waals surface area contributed by atoms with Gasteiger partial charge in [0, 0.05) is 6.42 Å². The predicted molar refractivity (Wildman–Crippen MR) is 86.2 cm³/mol. The summed E-state index contributed by atoms with van der Waals surface area (Å²) in [5, 5.41) is 51.1. The van der Waals surface area contributed by atoms with E-state index in [9.17, 15) is 20.4 Å². The minimum absolute atomic E-state index is 0.483. The number of aliphatic hydroxyl groups excluding tert-OH is 4. The highest BCUT2D eigenvalue weighted by Gasteiger charge is 2.45. The monoisotopic (exact) mass is 352 g/mol. The lowest BCUT2D eigenvalue weighted by Crippen LogP contribution is -2.56. The van der Waals surface area contributed by atoms with Crippen molar-refractivity contribution in [3.8, 4) is 0 Å². The van der Waals surface area contributed by atoms with Gasteiger partial charge in [-0.25, -0.2) is 0 Å². The van der Waals surface area contributed by atoms with Gasteiger partial charge in [0.05, 0.1) is 6.61 Å². The fraction of sp³-hybridized carbons (Fsp3) is 0.688. The number of aliphatic hydroxyl groups is 4. The summed E-state index contributed by atoms with van der Waals surface area (Å²) in [6.45, 7) is 1.64. The van der Waals surface area contributed by atoms with Crippen molar-refractivity contribution in [1.82, 2.24) is 20.2 Å². The predicted octanol–water partition coefficient (Wildman–Crippen LogP) is -0.755. The number of aromatic nitrogens is 4. The van der Waals surface area contributed by atoms with Crippen molar-refractivity contribution in [2.45, 2.75) is 63.3 Å². The van der Waals surface area contributed by atoms with E-state index < -0.39 is 37.3 Å². The van der Waals surface area contributed by atoms with Crippen LogP contribution in [0.15, 0.2) is 23.3 Å². The molecule has 5 atom stereocenters. The Morgan fingerprint density at radius 2 is 1.84 bits per heavy atom. The normalized spacial score (nSPS) is 33.1. The molecule has 0 saturated carbocycles. The first kappa shape index (κ1) is 18.2. The quantitative estimate of drug-likeness (QED) is 0.544. The first-order valence-electron chi connectivity index (χ1n) is 8.49. The lowest BCUT2D eigenvalue weighted by atomic mass is 9.95. The molecule has 1 aromatic rings. The Labute approximate surface area is 145 Å². The average molecular weight is 352 g/mol. The van der Waals surface area contributed by atoms with E-state index in [1.165, 1.54) is 11.1 Å². The van der Waals surface area contributed by atoms with Crippen LogP contribution in [0, 0.1) is 0 Å². The molecule has 9 nitrogen and oxygen atoms in total. The van der Waals surface area contributed by atoms with Gasteiger partial charge in [-0.3, -0.25) is 0 Å². The average Bonchev–Trinajstić information content (AvgIpc) is 3.09. The van der Waals surface area contributed by atoms with E-state index in [2.05, 4.69) is 34.5 Å². The standard InChI is InChI=1S/C16H24N4O5/c1-2-9-3-5-10(6-4-9)7-12-17-19-20(18-12)16-15(24)14(23)13(22)11(8-21)25-16/h3,5,11,13-16,21-24H,2,4,6-8H2,1H3. The van der Waals surface area contributed by atoms with Crippen molar-refractivity contribution >= 4 is 0 Å². The van der Waals surface area contributed by atoms with Crippen LogP contribution in [0.4, 0.5) is 0 Å². The molecule has 0 bridgehead atoms. The van der Waals surface area contributed by atoms with Gasteiger partial charge < -0.3 is 25.2 Å². The summed E-state index contributed by atoms with van der Waals surface area (Å²) in [7, 11) is 0. The van der Waals surface area contributed by atoms with Crippen LogP contribution < -0.4 is 0 Å². The van der Waals surface area contributed by atoms with Crippen LogP contribution in [0.2, 0.25) is 0 Å². The van der Waals surface area contributed by atoms with Crippen molar-refractivity contribution in [3.63, 3.8) is 0 Å². The minimum atomic E-state index is -1.47. The Morgan fingerprint density at radius 3 is 2.48 bits per heavy atom. The molecule has 138 valence electrons. The van der Waals surface area contributed by atoms with Gasteiger partial charge in [0.25, 0.3) is 0 Å². The maximum absolute atomic E-state index is 10.1. The van der Waals surface area contributed by atoms with Gasteiger partial charge in [-0.05, 0) is 24.5 Å². The van der Waals surface area contributed by atoms with Crippen molar-refractivity contribution in [2.75, 3.05) is 6.61 Å². The zero-order chi connectivity index (χ0) is 18.0. The molecule has 25 heavy (non-hydrogen) atoms. The number of nitrogens with zero attached hydrogens (tertiary/aromatic N) is 4. The molecule has 1 aliphatic heterocycles. The zero-order valence-electron chi connectivity index (χ0n) is 14.1. The zero-order valence-corrected chi connectivity index (χ0v) is 14.1. The summed E-state index contributed by atoms with van der Waals surface area (Å²) in [4.78, 5) is 1.08. The topological polar surface area (TPSA) is 134 Å². The van der Waals surface area contributed by atoms with Crippen LogP contribution in [0.3, 0.4) is 0 Å². The lowest BCUT2D eigenvalue weighted by Gasteiger charge is -2.38. The second-order valence-corrected chi connectivity index (χ2v) is 6.43. The summed E-state index contributed by atoms with van der Waals surface area (Å²) in [5.74, 6) is 0.483. The van der Waals surface area contributed by atoms with Gasteiger partial charge in [-0.15, -0.1) is 15.0 Å². The number of allylic oxidation sites excluding steroid dienone is 4. The highest BCUT2D eigenvalue weighted by Crippen LogP contribution is 2.27. The first-order chi connectivity index (χ1) is 12.0. The second kappa shape index (κ2) is 7.71. The van der Waals surface area contributed by atoms with Crippen LogP contribution in [0.5, 0.6) is 0 Å². The molecule has 0 radical (unpaired) electrons. The van der Waals surface area contributed by atoms with Crippen molar-refractivity contribution < 1.29 is 25.2 Å². The molecule has 5 unspecified atom stereocenters. The Hall–Kier alpha value is -1.65. The van der Waals surface area contributed by atoms with Gasteiger partial charge in [0.15, 0.2) is 12.1 Å². The van der Waals surface area contributed by atoms with Crippen molar-refractivity contribution in [2.24, 2.45) is 0 Å². The van der Waals surface area contributed by atoms with Crippen LogP contribution in [0.25, 0.3) is 0 Å². The Kier molecular flexibility index (Phi) is 5.60. The highest BCUT2D eigenvalue weighted by molar-refractivity contribution is 5.25. The maximum atomic E-state index is 10.1. The summed E-state index contributed by atoms with van der Waals surface area (Å²) < 4.78 is 5.41. The van der Waals surface area contributed by atoms with E-state index in [-0.39, 0.29) is 0 Å². The Bertz CT molecular complexity index is 657. The van der Waals surface area contributed by atoms with E-state index in [0.29, 0.717) is 12.2 Å². The third-order valence-electron chi connectivity index (χ3n) is 4.73. The smallest absolute Gasteiger partial charge is 0.199 e. The minimum Gasteiger partial charge on any atom is -0.394 e. The van der Waals surface area contributed by atoms with Crippen molar-refractivity contribution in [3.05, 3.63) is 29.1 Å². The fourth-order valence-electron chi connectivity index (χ4n) is 3.08. The Morgan fingerprint density at radius 1 is 1.12 bits per heavy atom. The molecular formula is C16H24N4O5. The van der Waals surface area contributed by atoms with Crippen LogP contribution in [0.1, 0.15) is 38.2 Å². The Balaban J connectivity index is 1.71. The molecule has 3 rings (SSSR count).